The molecule has 0 saturated heterocycles. The standard InChI is InChI=1S/C11H8ClNO2/c12-10-5-3-9(4-6-10)8-13-15-11-2-1-7-14-11/h1-8H/b13-8-. The highest BCUT2D eigenvalue weighted by molar-refractivity contribution is 6.30. The molecular formula is C11H8ClNO2. The zero-order valence-electron chi connectivity index (χ0n) is 7.76. The smallest absolute Gasteiger partial charge is 0.314 e. The van der Waals surface area contributed by atoms with E-state index in [4.69, 9.17) is 20.9 Å². The van der Waals surface area contributed by atoms with Gasteiger partial charge in [-0.25, -0.2) is 0 Å². The van der Waals surface area contributed by atoms with Crippen LogP contribution < -0.4 is 4.84 Å². The highest BCUT2D eigenvalue weighted by Crippen LogP contribution is 2.10. The van der Waals surface area contributed by atoms with Crippen molar-refractivity contribution >= 4 is 17.8 Å². The molecule has 1 aromatic carbocycles. The number of oxime groups is 1. The van der Waals surface area contributed by atoms with Crippen molar-refractivity contribution in [1.82, 2.24) is 0 Å². The summed E-state index contributed by atoms with van der Waals surface area (Å²) in [4.78, 5) is 4.95. The van der Waals surface area contributed by atoms with Gasteiger partial charge in [0, 0.05) is 11.1 Å². The maximum absolute atomic E-state index is 5.74. The third kappa shape index (κ3) is 2.86. The fourth-order valence-corrected chi connectivity index (χ4v) is 1.13. The fraction of sp³-hybridized carbons (Fsp3) is 0. The van der Waals surface area contributed by atoms with Crippen LogP contribution in [-0.4, -0.2) is 6.21 Å². The van der Waals surface area contributed by atoms with E-state index >= 15 is 0 Å². The first-order chi connectivity index (χ1) is 7.34. The molecule has 0 bridgehead atoms. The Balaban J connectivity index is 1.97. The molecule has 1 heterocycles. The molecule has 0 radical (unpaired) electrons. The summed E-state index contributed by atoms with van der Waals surface area (Å²) in [5.41, 5.74) is 0.908. The van der Waals surface area contributed by atoms with Gasteiger partial charge in [0.1, 0.15) is 0 Å². The molecule has 15 heavy (non-hydrogen) atoms. The Morgan fingerprint density at radius 1 is 1.20 bits per heavy atom. The van der Waals surface area contributed by atoms with Crippen LogP contribution in [0.25, 0.3) is 0 Å². The second-order valence-electron chi connectivity index (χ2n) is 2.81. The molecule has 2 rings (SSSR count). The monoisotopic (exact) mass is 221 g/mol. The lowest BCUT2D eigenvalue weighted by Crippen LogP contribution is -1.84. The predicted octanol–water partition coefficient (Wildman–Crippen LogP) is 3.35. The highest BCUT2D eigenvalue weighted by atomic mass is 35.5. The molecule has 0 aliphatic heterocycles. The van der Waals surface area contributed by atoms with Crippen LogP contribution in [0.4, 0.5) is 0 Å². The quantitative estimate of drug-likeness (QED) is 0.589. The van der Waals surface area contributed by atoms with Crippen LogP contribution in [0, 0.1) is 0 Å². The van der Waals surface area contributed by atoms with Crippen molar-refractivity contribution in [1.29, 1.82) is 0 Å². The minimum Gasteiger partial charge on any atom is -0.433 e. The molecular weight excluding hydrogens is 214 g/mol. The number of hydrogen-bond acceptors (Lipinski definition) is 3. The Bertz CT molecular complexity index is 434. The fourth-order valence-electron chi connectivity index (χ4n) is 1.00. The summed E-state index contributed by atoms with van der Waals surface area (Å²) in [5, 5.41) is 4.45. The van der Waals surface area contributed by atoms with Crippen molar-refractivity contribution in [3.05, 3.63) is 53.2 Å². The van der Waals surface area contributed by atoms with Gasteiger partial charge < -0.3 is 9.25 Å². The van der Waals surface area contributed by atoms with Gasteiger partial charge in [-0.05, 0) is 23.8 Å². The lowest BCUT2D eigenvalue weighted by molar-refractivity contribution is 0.258. The maximum Gasteiger partial charge on any atom is 0.314 e. The van der Waals surface area contributed by atoms with Gasteiger partial charge >= 0.3 is 5.95 Å². The number of rotatable bonds is 3. The molecule has 76 valence electrons. The van der Waals surface area contributed by atoms with Crippen LogP contribution in [0.5, 0.6) is 5.95 Å². The third-order valence-corrected chi connectivity index (χ3v) is 1.96. The van der Waals surface area contributed by atoms with Crippen molar-refractivity contribution in [2.24, 2.45) is 5.16 Å². The van der Waals surface area contributed by atoms with Gasteiger partial charge in [0.2, 0.25) is 0 Å². The Labute approximate surface area is 91.9 Å². The molecule has 0 aliphatic carbocycles. The van der Waals surface area contributed by atoms with E-state index in [1.165, 1.54) is 6.26 Å². The van der Waals surface area contributed by atoms with Crippen LogP contribution in [-0.2, 0) is 0 Å². The van der Waals surface area contributed by atoms with E-state index in [-0.39, 0.29) is 0 Å². The zero-order chi connectivity index (χ0) is 10.5. The van der Waals surface area contributed by atoms with Crippen LogP contribution in [0.1, 0.15) is 5.56 Å². The van der Waals surface area contributed by atoms with E-state index in [9.17, 15) is 0 Å². The number of halogens is 1. The molecule has 4 heteroatoms. The van der Waals surface area contributed by atoms with Gasteiger partial charge in [0.25, 0.3) is 0 Å². The second kappa shape index (κ2) is 4.66. The van der Waals surface area contributed by atoms with Crippen LogP contribution >= 0.6 is 11.6 Å². The molecule has 0 fully saturated rings. The van der Waals surface area contributed by atoms with Gasteiger partial charge in [0.15, 0.2) is 0 Å². The van der Waals surface area contributed by atoms with E-state index in [2.05, 4.69) is 5.16 Å². The van der Waals surface area contributed by atoms with Crippen molar-refractivity contribution < 1.29 is 9.25 Å². The predicted molar refractivity (Wildman–Crippen MR) is 58.4 cm³/mol. The minimum atomic E-state index is 0.361. The molecule has 0 atom stereocenters. The molecule has 2 aromatic rings. The maximum atomic E-state index is 5.74. The molecule has 0 unspecified atom stereocenters. The molecule has 0 N–H and O–H groups in total. The average Bonchev–Trinajstić information content (AvgIpc) is 2.74. The summed E-state index contributed by atoms with van der Waals surface area (Å²) >= 11 is 5.74. The van der Waals surface area contributed by atoms with Crippen LogP contribution in [0.2, 0.25) is 5.02 Å². The number of hydrogen-bond donors (Lipinski definition) is 0. The zero-order valence-corrected chi connectivity index (χ0v) is 8.52. The lowest BCUT2D eigenvalue weighted by Gasteiger charge is -1.93. The van der Waals surface area contributed by atoms with E-state index in [1.807, 2.05) is 12.1 Å². The second-order valence-corrected chi connectivity index (χ2v) is 3.25. The highest BCUT2D eigenvalue weighted by Gasteiger charge is 1.92. The van der Waals surface area contributed by atoms with E-state index in [1.54, 1.807) is 30.5 Å². The van der Waals surface area contributed by atoms with E-state index in [0.29, 0.717) is 11.0 Å². The first kappa shape index (κ1) is 9.80. The molecule has 0 spiro atoms. The van der Waals surface area contributed by atoms with Gasteiger partial charge in [-0.3, -0.25) is 0 Å². The molecule has 0 aliphatic rings. The van der Waals surface area contributed by atoms with Crippen molar-refractivity contribution in [2.45, 2.75) is 0 Å². The minimum absolute atomic E-state index is 0.361. The van der Waals surface area contributed by atoms with Gasteiger partial charge in [-0.1, -0.05) is 28.9 Å². The molecule has 3 nitrogen and oxygen atoms in total. The normalized spacial score (nSPS) is 10.7. The third-order valence-electron chi connectivity index (χ3n) is 1.71. The SMILES string of the molecule is Clc1ccc(/C=N\Oc2ccco2)cc1. The van der Waals surface area contributed by atoms with Gasteiger partial charge in [0.05, 0.1) is 12.5 Å². The van der Waals surface area contributed by atoms with Crippen molar-refractivity contribution in [3.8, 4) is 5.95 Å². The van der Waals surface area contributed by atoms with Crippen LogP contribution in [0.15, 0.2) is 52.2 Å². The summed E-state index contributed by atoms with van der Waals surface area (Å²) < 4.78 is 4.93. The lowest BCUT2D eigenvalue weighted by atomic mass is 10.2. The Hall–Kier alpha value is -1.74. The topological polar surface area (TPSA) is 34.7 Å². The Morgan fingerprint density at radius 2 is 2.00 bits per heavy atom. The first-order valence-corrected chi connectivity index (χ1v) is 4.72. The molecule has 0 saturated carbocycles. The summed E-state index contributed by atoms with van der Waals surface area (Å²) in [6, 6.07) is 10.7. The summed E-state index contributed by atoms with van der Waals surface area (Å²) in [7, 11) is 0. The first-order valence-electron chi connectivity index (χ1n) is 4.34. The van der Waals surface area contributed by atoms with Crippen molar-refractivity contribution in [3.63, 3.8) is 0 Å². The van der Waals surface area contributed by atoms with E-state index in [0.717, 1.165) is 5.56 Å². The average molecular weight is 222 g/mol. The Kier molecular flexibility index (Phi) is 3.05. The van der Waals surface area contributed by atoms with Crippen molar-refractivity contribution in [2.75, 3.05) is 0 Å². The number of nitrogens with zero attached hydrogens (tertiary/aromatic N) is 1. The number of benzene rings is 1. The molecule has 1 aromatic heterocycles. The van der Waals surface area contributed by atoms with Gasteiger partial charge in [-0.2, -0.15) is 0 Å². The summed E-state index contributed by atoms with van der Waals surface area (Å²) in [5.74, 6) is 0.361. The summed E-state index contributed by atoms with van der Waals surface area (Å²) in [6.07, 6.45) is 3.10. The molecule has 0 amide bonds. The largest absolute Gasteiger partial charge is 0.433 e. The summed E-state index contributed by atoms with van der Waals surface area (Å²) in [6.45, 7) is 0. The van der Waals surface area contributed by atoms with Gasteiger partial charge in [-0.15, -0.1) is 0 Å². The Morgan fingerprint density at radius 3 is 2.67 bits per heavy atom. The van der Waals surface area contributed by atoms with Crippen LogP contribution in [0.3, 0.4) is 0 Å². The number of furan rings is 1. The van der Waals surface area contributed by atoms with E-state index < -0.39 is 0 Å².